The molecular weight excluding hydrogens is 406 g/mol. The number of nitrogens with zero attached hydrogens (tertiary/aromatic N) is 2. The van der Waals surface area contributed by atoms with Gasteiger partial charge in [-0.25, -0.2) is 0 Å². The molecule has 0 fully saturated rings. The molecule has 1 unspecified atom stereocenters. The second-order valence-corrected chi connectivity index (χ2v) is 9.54. The van der Waals surface area contributed by atoms with Crippen LogP contribution in [0, 0.1) is 5.92 Å². The summed E-state index contributed by atoms with van der Waals surface area (Å²) in [6, 6.07) is 7.55. The summed E-state index contributed by atoms with van der Waals surface area (Å²) in [6.07, 6.45) is 3.31. The van der Waals surface area contributed by atoms with Gasteiger partial charge in [-0.1, -0.05) is 55.9 Å². The largest absolute Gasteiger partial charge is 0.353 e. The Morgan fingerprint density at radius 3 is 2.62 bits per heavy atom. The van der Waals surface area contributed by atoms with Gasteiger partial charge in [-0.3, -0.25) is 9.59 Å². The van der Waals surface area contributed by atoms with Crippen LogP contribution in [0.2, 0.25) is 0 Å². The summed E-state index contributed by atoms with van der Waals surface area (Å²) >= 11 is 2.77. The standard InChI is InChI=1S/C20H29N5O2S2/c1-13(2)7-5-8-14(3)21-18(27)12-28-20-25-24-19(29-20)23-17-10-6-9-16(11-17)22-15(4)26/h6,9-11,13-14H,5,7-8,12H2,1-4H3,(H,21,27)(H,22,26)(H,23,24). The Labute approximate surface area is 180 Å². The quantitative estimate of drug-likeness (QED) is 0.444. The molecule has 158 valence electrons. The number of aromatic nitrogens is 2. The highest BCUT2D eigenvalue weighted by molar-refractivity contribution is 8.01. The first-order valence-corrected chi connectivity index (χ1v) is 11.5. The second-order valence-electron chi connectivity index (χ2n) is 7.34. The van der Waals surface area contributed by atoms with Crippen LogP contribution >= 0.6 is 23.1 Å². The topological polar surface area (TPSA) is 96.0 Å². The molecule has 0 spiro atoms. The molecule has 9 heteroatoms. The first-order chi connectivity index (χ1) is 13.8. The van der Waals surface area contributed by atoms with Gasteiger partial charge in [0, 0.05) is 24.3 Å². The highest BCUT2D eigenvalue weighted by Gasteiger charge is 2.11. The molecule has 0 aliphatic heterocycles. The molecule has 1 atom stereocenters. The van der Waals surface area contributed by atoms with Gasteiger partial charge >= 0.3 is 0 Å². The number of carbonyl (C=O) groups excluding carboxylic acids is 2. The molecule has 2 amide bonds. The molecule has 0 aliphatic rings. The minimum Gasteiger partial charge on any atom is -0.353 e. The third-order valence-corrected chi connectivity index (χ3v) is 5.97. The number of hydrogen-bond donors (Lipinski definition) is 3. The normalized spacial score (nSPS) is 11.9. The molecule has 0 saturated carbocycles. The van der Waals surface area contributed by atoms with Crippen LogP contribution in [0.15, 0.2) is 28.6 Å². The maximum Gasteiger partial charge on any atom is 0.230 e. The van der Waals surface area contributed by atoms with Crippen molar-refractivity contribution < 1.29 is 9.59 Å². The van der Waals surface area contributed by atoms with Gasteiger partial charge in [-0.2, -0.15) is 0 Å². The minimum absolute atomic E-state index is 0.0137. The molecule has 2 aromatic rings. The lowest BCUT2D eigenvalue weighted by atomic mass is 10.0. The molecular formula is C20H29N5O2S2. The van der Waals surface area contributed by atoms with Crippen LogP contribution in [0.25, 0.3) is 0 Å². The fraction of sp³-hybridized carbons (Fsp3) is 0.500. The molecule has 0 aliphatic carbocycles. The van der Waals surface area contributed by atoms with E-state index in [1.165, 1.54) is 36.4 Å². The molecule has 0 saturated heterocycles. The van der Waals surface area contributed by atoms with Crippen LogP contribution in [0.4, 0.5) is 16.5 Å². The number of anilines is 3. The lowest BCUT2D eigenvalue weighted by Gasteiger charge is -2.14. The van der Waals surface area contributed by atoms with Crippen LogP contribution < -0.4 is 16.0 Å². The van der Waals surface area contributed by atoms with E-state index >= 15 is 0 Å². The van der Waals surface area contributed by atoms with Gasteiger partial charge in [0.25, 0.3) is 0 Å². The van der Waals surface area contributed by atoms with Crippen molar-refractivity contribution in [3.63, 3.8) is 0 Å². The van der Waals surface area contributed by atoms with E-state index in [1.807, 2.05) is 31.2 Å². The summed E-state index contributed by atoms with van der Waals surface area (Å²) in [5, 5.41) is 17.8. The summed E-state index contributed by atoms with van der Waals surface area (Å²) in [4.78, 5) is 23.3. The average molecular weight is 436 g/mol. The number of hydrogen-bond acceptors (Lipinski definition) is 7. The molecule has 1 aromatic carbocycles. The molecule has 3 N–H and O–H groups in total. The minimum atomic E-state index is -0.121. The van der Waals surface area contributed by atoms with Crippen molar-refractivity contribution in [2.45, 2.75) is 57.3 Å². The van der Waals surface area contributed by atoms with E-state index in [4.69, 9.17) is 0 Å². The van der Waals surface area contributed by atoms with Crippen molar-refractivity contribution in [2.75, 3.05) is 16.4 Å². The molecule has 29 heavy (non-hydrogen) atoms. The maximum absolute atomic E-state index is 12.1. The third kappa shape index (κ3) is 9.27. The van der Waals surface area contributed by atoms with Crippen LogP contribution in [-0.2, 0) is 9.59 Å². The van der Waals surface area contributed by atoms with Crippen molar-refractivity contribution in [3.8, 4) is 0 Å². The SMILES string of the molecule is CC(=O)Nc1cccc(Nc2nnc(SCC(=O)NC(C)CCCC(C)C)s2)c1. The van der Waals surface area contributed by atoms with E-state index in [9.17, 15) is 9.59 Å². The Kier molecular flexibility index (Phi) is 9.40. The number of thioether (sulfide) groups is 1. The second kappa shape index (κ2) is 11.8. The lowest BCUT2D eigenvalue weighted by molar-refractivity contribution is -0.119. The van der Waals surface area contributed by atoms with Crippen LogP contribution in [0.1, 0.15) is 47.0 Å². The van der Waals surface area contributed by atoms with Crippen LogP contribution in [0.3, 0.4) is 0 Å². The summed E-state index contributed by atoms with van der Waals surface area (Å²) in [5.74, 6) is 0.909. The molecule has 0 bridgehead atoms. The number of nitrogens with one attached hydrogen (secondary N) is 3. The van der Waals surface area contributed by atoms with Crippen molar-refractivity contribution in [3.05, 3.63) is 24.3 Å². The Balaban J connectivity index is 1.77. The van der Waals surface area contributed by atoms with Crippen LogP contribution in [-0.4, -0.2) is 33.8 Å². The first-order valence-electron chi connectivity index (χ1n) is 9.72. The zero-order chi connectivity index (χ0) is 21.2. The fourth-order valence-corrected chi connectivity index (χ4v) is 4.25. The van der Waals surface area contributed by atoms with E-state index in [-0.39, 0.29) is 17.9 Å². The Bertz CT molecular complexity index is 810. The van der Waals surface area contributed by atoms with Gasteiger partial charge < -0.3 is 16.0 Å². The lowest BCUT2D eigenvalue weighted by Crippen LogP contribution is -2.33. The van der Waals surface area contributed by atoms with Crippen molar-refractivity contribution in [2.24, 2.45) is 5.92 Å². The molecule has 0 radical (unpaired) electrons. The fourth-order valence-electron chi connectivity index (χ4n) is 2.67. The Morgan fingerprint density at radius 1 is 1.14 bits per heavy atom. The van der Waals surface area contributed by atoms with E-state index in [0.717, 1.165) is 22.9 Å². The monoisotopic (exact) mass is 435 g/mol. The van der Waals surface area contributed by atoms with Gasteiger partial charge in [0.1, 0.15) is 0 Å². The highest BCUT2D eigenvalue weighted by atomic mass is 32.2. The number of rotatable bonds is 11. The van der Waals surface area contributed by atoms with Gasteiger partial charge in [0.2, 0.25) is 16.9 Å². The number of amides is 2. The predicted molar refractivity (Wildman–Crippen MR) is 121 cm³/mol. The van der Waals surface area contributed by atoms with Gasteiger partial charge in [0.15, 0.2) is 4.34 Å². The van der Waals surface area contributed by atoms with Gasteiger partial charge in [0.05, 0.1) is 5.75 Å². The van der Waals surface area contributed by atoms with E-state index < -0.39 is 0 Å². The maximum atomic E-state index is 12.1. The summed E-state index contributed by atoms with van der Waals surface area (Å²) in [7, 11) is 0. The van der Waals surface area contributed by atoms with Crippen LogP contribution in [0.5, 0.6) is 0 Å². The molecule has 7 nitrogen and oxygen atoms in total. The molecule has 2 rings (SSSR count). The van der Waals surface area contributed by atoms with E-state index in [1.54, 1.807) is 0 Å². The average Bonchev–Trinajstić information content (AvgIpc) is 3.06. The Morgan fingerprint density at radius 2 is 1.90 bits per heavy atom. The third-order valence-electron chi connectivity index (χ3n) is 3.99. The number of benzene rings is 1. The Hall–Kier alpha value is -2.13. The predicted octanol–water partition coefficient (Wildman–Crippen LogP) is 4.66. The number of carbonyl (C=O) groups is 2. The van der Waals surface area contributed by atoms with Crippen molar-refractivity contribution in [1.29, 1.82) is 0 Å². The molecule has 1 aromatic heterocycles. The van der Waals surface area contributed by atoms with Crippen molar-refractivity contribution >= 4 is 51.4 Å². The smallest absolute Gasteiger partial charge is 0.230 e. The summed E-state index contributed by atoms with van der Waals surface area (Å²) in [5.41, 5.74) is 1.51. The summed E-state index contributed by atoms with van der Waals surface area (Å²) in [6.45, 7) is 7.94. The van der Waals surface area contributed by atoms with Gasteiger partial charge in [-0.15, -0.1) is 10.2 Å². The van der Waals surface area contributed by atoms with Gasteiger partial charge in [-0.05, 0) is 37.5 Å². The van der Waals surface area contributed by atoms with E-state index in [2.05, 4.69) is 40.0 Å². The zero-order valence-electron chi connectivity index (χ0n) is 17.3. The highest BCUT2D eigenvalue weighted by Crippen LogP contribution is 2.28. The summed E-state index contributed by atoms with van der Waals surface area (Å²) < 4.78 is 0.730. The van der Waals surface area contributed by atoms with E-state index in [0.29, 0.717) is 22.5 Å². The zero-order valence-corrected chi connectivity index (χ0v) is 19.0. The van der Waals surface area contributed by atoms with Crippen molar-refractivity contribution in [1.82, 2.24) is 15.5 Å². The molecule has 1 heterocycles. The first kappa shape index (κ1) is 23.2.